The number of benzene rings is 2. The van der Waals surface area contributed by atoms with Crippen molar-refractivity contribution in [2.24, 2.45) is 0 Å². The van der Waals surface area contributed by atoms with E-state index in [0.717, 1.165) is 43.3 Å². The number of thioether (sulfide) groups is 1. The second-order valence-corrected chi connectivity index (χ2v) is 7.39. The molecule has 1 aliphatic rings. The van der Waals surface area contributed by atoms with Gasteiger partial charge in [-0.3, -0.25) is 4.79 Å². The Hall–Kier alpha value is -1.49. The van der Waals surface area contributed by atoms with Crippen LogP contribution < -0.4 is 4.90 Å². The van der Waals surface area contributed by atoms with Crippen molar-refractivity contribution in [3.63, 3.8) is 0 Å². The van der Waals surface area contributed by atoms with E-state index in [9.17, 15) is 4.79 Å². The minimum absolute atomic E-state index is 0.143. The zero-order valence-corrected chi connectivity index (χ0v) is 15.4. The molecular weight excluding hydrogens is 340 g/mol. The molecule has 5 heteroatoms. The molecule has 1 heterocycles. The Balaban J connectivity index is 1.55. The Kier molecular flexibility index (Phi) is 5.82. The smallest absolute Gasteiger partial charge is 0.254 e. The Bertz CT molecular complexity index is 697. The molecule has 3 nitrogen and oxygen atoms in total. The molecule has 0 spiro atoms. The maximum absolute atomic E-state index is 12.6. The maximum Gasteiger partial charge on any atom is 0.254 e. The van der Waals surface area contributed by atoms with E-state index in [-0.39, 0.29) is 5.91 Å². The lowest BCUT2D eigenvalue weighted by Crippen LogP contribution is -3.13. The molecule has 1 N–H and O–H groups in total. The first kappa shape index (κ1) is 17.3. The quantitative estimate of drug-likeness (QED) is 0.847. The van der Waals surface area contributed by atoms with Crippen molar-refractivity contribution in [3.05, 3.63) is 64.7 Å². The first-order chi connectivity index (χ1) is 11.7. The summed E-state index contributed by atoms with van der Waals surface area (Å²) in [4.78, 5) is 17.3. The number of quaternary nitrogens is 1. The molecule has 1 fully saturated rings. The van der Waals surface area contributed by atoms with Crippen LogP contribution in [-0.4, -0.2) is 43.2 Å². The van der Waals surface area contributed by atoms with Crippen molar-refractivity contribution in [1.82, 2.24) is 4.90 Å². The van der Waals surface area contributed by atoms with E-state index in [0.29, 0.717) is 0 Å². The molecule has 1 saturated heterocycles. The predicted molar refractivity (Wildman–Crippen MR) is 100.0 cm³/mol. The summed E-state index contributed by atoms with van der Waals surface area (Å²) in [7, 11) is 0. The normalized spacial score (nSPS) is 15.5. The molecule has 0 aliphatic carbocycles. The van der Waals surface area contributed by atoms with Crippen LogP contribution in [0.25, 0.3) is 0 Å². The highest BCUT2D eigenvalue weighted by Crippen LogP contribution is 2.16. The van der Waals surface area contributed by atoms with E-state index in [2.05, 4.69) is 6.07 Å². The van der Waals surface area contributed by atoms with Gasteiger partial charge in [-0.05, 0) is 42.7 Å². The molecule has 0 atom stereocenters. The fourth-order valence-corrected chi connectivity index (χ4v) is 3.68. The van der Waals surface area contributed by atoms with Gasteiger partial charge >= 0.3 is 0 Å². The van der Waals surface area contributed by atoms with Crippen molar-refractivity contribution in [2.75, 3.05) is 32.4 Å². The largest absolute Gasteiger partial charge is 0.328 e. The third kappa shape index (κ3) is 4.32. The lowest BCUT2D eigenvalue weighted by molar-refractivity contribution is -0.917. The fraction of sp³-hybridized carbons (Fsp3) is 0.316. The molecule has 126 valence electrons. The van der Waals surface area contributed by atoms with Crippen LogP contribution >= 0.6 is 23.4 Å². The number of halogens is 1. The summed E-state index contributed by atoms with van der Waals surface area (Å²) >= 11 is 7.74. The SMILES string of the molecule is CSc1ccc(C(=O)N2CC[NH+](Cc3cccc(Cl)c3)CC2)cc1. The molecule has 0 bridgehead atoms. The predicted octanol–water partition coefficient (Wildman–Crippen LogP) is 2.60. The van der Waals surface area contributed by atoms with Gasteiger partial charge in [0.25, 0.3) is 5.91 Å². The molecule has 0 saturated carbocycles. The molecule has 0 unspecified atom stereocenters. The fourth-order valence-electron chi connectivity index (χ4n) is 3.05. The average molecular weight is 362 g/mol. The number of hydrogen-bond donors (Lipinski definition) is 1. The van der Waals surface area contributed by atoms with Crippen LogP contribution in [0.2, 0.25) is 5.02 Å². The highest BCUT2D eigenvalue weighted by Gasteiger charge is 2.24. The van der Waals surface area contributed by atoms with Gasteiger partial charge in [-0.2, -0.15) is 0 Å². The third-order valence-electron chi connectivity index (χ3n) is 4.44. The van der Waals surface area contributed by atoms with E-state index in [4.69, 9.17) is 11.6 Å². The highest BCUT2D eigenvalue weighted by atomic mass is 35.5. The summed E-state index contributed by atoms with van der Waals surface area (Å²) in [5.74, 6) is 0.143. The van der Waals surface area contributed by atoms with Gasteiger partial charge in [-0.1, -0.05) is 23.7 Å². The summed E-state index contributed by atoms with van der Waals surface area (Å²) in [6, 6.07) is 15.9. The standard InChI is InChI=1S/C19H21ClN2OS/c1-24-18-7-5-16(6-8-18)19(23)22-11-9-21(10-12-22)14-15-3-2-4-17(20)13-15/h2-8,13H,9-12,14H2,1H3/p+1. The molecular formula is C19H22ClN2OS+. The molecule has 24 heavy (non-hydrogen) atoms. The number of rotatable bonds is 4. The van der Waals surface area contributed by atoms with Gasteiger partial charge in [0, 0.05) is 21.0 Å². The molecule has 1 aliphatic heterocycles. The van der Waals surface area contributed by atoms with Crippen LogP contribution in [-0.2, 0) is 6.54 Å². The number of piperazine rings is 1. The number of nitrogens with zero attached hydrogens (tertiary/aromatic N) is 1. The number of carbonyl (C=O) groups excluding carboxylic acids is 1. The van der Waals surface area contributed by atoms with Gasteiger partial charge in [0.2, 0.25) is 0 Å². The lowest BCUT2D eigenvalue weighted by Gasteiger charge is -2.32. The molecule has 3 rings (SSSR count). The minimum Gasteiger partial charge on any atom is -0.328 e. The summed E-state index contributed by atoms with van der Waals surface area (Å²) in [5, 5.41) is 0.786. The zero-order chi connectivity index (χ0) is 16.9. The monoisotopic (exact) mass is 361 g/mol. The van der Waals surface area contributed by atoms with Crippen molar-refractivity contribution >= 4 is 29.3 Å². The van der Waals surface area contributed by atoms with Gasteiger partial charge in [-0.15, -0.1) is 11.8 Å². The first-order valence-corrected chi connectivity index (χ1v) is 9.77. The Labute approximate surface area is 152 Å². The molecule has 2 aromatic carbocycles. The number of hydrogen-bond acceptors (Lipinski definition) is 2. The van der Waals surface area contributed by atoms with Crippen molar-refractivity contribution in [2.45, 2.75) is 11.4 Å². The minimum atomic E-state index is 0.143. The van der Waals surface area contributed by atoms with Crippen LogP contribution in [0, 0.1) is 0 Å². The van der Waals surface area contributed by atoms with Gasteiger partial charge in [-0.25, -0.2) is 0 Å². The highest BCUT2D eigenvalue weighted by molar-refractivity contribution is 7.98. The van der Waals surface area contributed by atoms with Crippen molar-refractivity contribution in [1.29, 1.82) is 0 Å². The summed E-state index contributed by atoms with van der Waals surface area (Å²) in [6.07, 6.45) is 2.04. The van der Waals surface area contributed by atoms with Crippen LogP contribution in [0.3, 0.4) is 0 Å². The molecule has 0 aromatic heterocycles. The van der Waals surface area contributed by atoms with E-state index in [1.165, 1.54) is 15.4 Å². The molecule has 0 radical (unpaired) electrons. The van der Waals surface area contributed by atoms with E-state index in [1.54, 1.807) is 11.8 Å². The van der Waals surface area contributed by atoms with Crippen LogP contribution in [0.5, 0.6) is 0 Å². The second-order valence-electron chi connectivity index (χ2n) is 6.08. The topological polar surface area (TPSA) is 24.8 Å². The Morgan fingerprint density at radius 3 is 2.50 bits per heavy atom. The lowest BCUT2D eigenvalue weighted by atomic mass is 10.1. The molecule has 1 amide bonds. The molecule has 2 aromatic rings. The number of nitrogens with one attached hydrogen (secondary N) is 1. The van der Waals surface area contributed by atoms with Crippen molar-refractivity contribution in [3.8, 4) is 0 Å². The maximum atomic E-state index is 12.6. The van der Waals surface area contributed by atoms with Gasteiger partial charge < -0.3 is 9.80 Å². The third-order valence-corrected chi connectivity index (χ3v) is 5.42. The summed E-state index contributed by atoms with van der Waals surface area (Å²) in [6.45, 7) is 4.52. The average Bonchev–Trinajstić information content (AvgIpc) is 2.62. The van der Waals surface area contributed by atoms with Gasteiger partial charge in [0.15, 0.2) is 0 Å². The number of amides is 1. The summed E-state index contributed by atoms with van der Waals surface area (Å²) < 4.78 is 0. The van der Waals surface area contributed by atoms with E-state index < -0.39 is 0 Å². The first-order valence-electron chi connectivity index (χ1n) is 8.17. The van der Waals surface area contributed by atoms with Crippen LogP contribution in [0.15, 0.2) is 53.4 Å². The number of carbonyl (C=O) groups is 1. The van der Waals surface area contributed by atoms with Gasteiger partial charge in [0.1, 0.15) is 6.54 Å². The van der Waals surface area contributed by atoms with Crippen molar-refractivity contribution < 1.29 is 9.69 Å². The van der Waals surface area contributed by atoms with E-state index in [1.807, 2.05) is 53.6 Å². The zero-order valence-electron chi connectivity index (χ0n) is 13.8. The van der Waals surface area contributed by atoms with E-state index >= 15 is 0 Å². The van der Waals surface area contributed by atoms with Crippen LogP contribution in [0.4, 0.5) is 0 Å². The van der Waals surface area contributed by atoms with Crippen LogP contribution in [0.1, 0.15) is 15.9 Å². The van der Waals surface area contributed by atoms with Gasteiger partial charge in [0.05, 0.1) is 26.2 Å². The second kappa shape index (κ2) is 8.06. The Morgan fingerprint density at radius 1 is 1.17 bits per heavy atom. The summed E-state index contributed by atoms with van der Waals surface area (Å²) in [5.41, 5.74) is 2.04. The Morgan fingerprint density at radius 2 is 1.88 bits per heavy atom.